The van der Waals surface area contributed by atoms with E-state index in [1.807, 2.05) is 4.90 Å². The van der Waals surface area contributed by atoms with E-state index in [2.05, 4.69) is 15.3 Å². The zero-order valence-corrected chi connectivity index (χ0v) is 17.1. The Bertz CT molecular complexity index is 1050. The SMILES string of the molecule is O=C(Nc1ccc2[nH]c(=O)[nH]c2c1)[C@@H]1CCCN1C(=O)C12CC3CC(CC(C3)C1)C2. The number of hydrogen-bond acceptors (Lipinski definition) is 3. The molecule has 2 heterocycles. The van der Waals surface area contributed by atoms with Gasteiger partial charge in [0.2, 0.25) is 11.8 Å². The highest BCUT2D eigenvalue weighted by Crippen LogP contribution is 2.60. The third-order valence-corrected chi connectivity index (χ3v) is 8.09. The maximum absolute atomic E-state index is 13.7. The Hall–Kier alpha value is -2.57. The minimum absolute atomic E-state index is 0.122. The molecule has 7 heteroatoms. The lowest BCUT2D eigenvalue weighted by Gasteiger charge is -2.56. The quantitative estimate of drug-likeness (QED) is 0.728. The number of H-pyrrole nitrogens is 2. The molecule has 4 saturated carbocycles. The van der Waals surface area contributed by atoms with Gasteiger partial charge in [-0.2, -0.15) is 0 Å². The minimum atomic E-state index is -0.397. The van der Waals surface area contributed by atoms with E-state index in [0.717, 1.165) is 25.7 Å². The Balaban J connectivity index is 1.21. The van der Waals surface area contributed by atoms with Gasteiger partial charge in [-0.3, -0.25) is 9.59 Å². The molecule has 3 N–H and O–H groups in total. The van der Waals surface area contributed by atoms with Gasteiger partial charge >= 0.3 is 5.69 Å². The number of aromatic nitrogens is 2. The predicted molar refractivity (Wildman–Crippen MR) is 113 cm³/mol. The number of carbonyl (C=O) groups is 2. The molecular formula is C23H28N4O3. The summed E-state index contributed by atoms with van der Waals surface area (Å²) in [5.41, 5.74) is 1.53. The number of likely N-dealkylation sites (tertiary alicyclic amines) is 1. The van der Waals surface area contributed by atoms with Gasteiger partial charge in [0.25, 0.3) is 0 Å². The van der Waals surface area contributed by atoms with E-state index in [0.29, 0.717) is 47.4 Å². The smallest absolute Gasteiger partial charge is 0.323 e. The average molecular weight is 409 g/mol. The molecule has 1 atom stereocenters. The lowest BCUT2D eigenvalue weighted by molar-refractivity contribution is -0.160. The maximum atomic E-state index is 13.7. The molecule has 0 radical (unpaired) electrons. The first-order valence-corrected chi connectivity index (χ1v) is 11.3. The van der Waals surface area contributed by atoms with Gasteiger partial charge in [-0.05, 0) is 87.3 Å². The van der Waals surface area contributed by atoms with Gasteiger partial charge in [0.15, 0.2) is 0 Å². The average Bonchev–Trinajstić information content (AvgIpc) is 3.31. The highest BCUT2D eigenvalue weighted by atomic mass is 16.2. The van der Waals surface area contributed by atoms with Crippen molar-refractivity contribution in [1.29, 1.82) is 0 Å². The van der Waals surface area contributed by atoms with Crippen LogP contribution < -0.4 is 11.0 Å². The van der Waals surface area contributed by atoms with Gasteiger partial charge in [-0.25, -0.2) is 4.79 Å². The summed E-state index contributed by atoms with van der Waals surface area (Å²) in [7, 11) is 0. The number of benzene rings is 1. The van der Waals surface area contributed by atoms with Gasteiger partial charge in [0, 0.05) is 12.2 Å². The van der Waals surface area contributed by atoms with E-state index >= 15 is 0 Å². The Morgan fingerprint density at radius 2 is 1.67 bits per heavy atom. The van der Waals surface area contributed by atoms with Crippen molar-refractivity contribution in [1.82, 2.24) is 14.9 Å². The summed E-state index contributed by atoms with van der Waals surface area (Å²) >= 11 is 0. The minimum Gasteiger partial charge on any atom is -0.330 e. The number of nitrogens with one attached hydrogen (secondary N) is 3. The second kappa shape index (κ2) is 6.46. The van der Waals surface area contributed by atoms with Crippen molar-refractivity contribution < 1.29 is 9.59 Å². The van der Waals surface area contributed by atoms with Crippen LogP contribution in [0.15, 0.2) is 23.0 Å². The summed E-state index contributed by atoms with van der Waals surface area (Å²) < 4.78 is 0. The second-order valence-electron chi connectivity index (χ2n) is 10.2. The van der Waals surface area contributed by atoms with E-state index < -0.39 is 6.04 Å². The number of hydrogen-bond donors (Lipinski definition) is 3. The van der Waals surface area contributed by atoms with Crippen LogP contribution in [-0.4, -0.2) is 39.3 Å². The Labute approximate surface area is 174 Å². The molecule has 7 nitrogen and oxygen atoms in total. The fraction of sp³-hybridized carbons (Fsp3) is 0.609. The van der Waals surface area contributed by atoms with Crippen LogP contribution in [0, 0.1) is 23.2 Å². The third kappa shape index (κ3) is 2.81. The normalized spacial score (nSPS) is 34.6. The molecule has 5 fully saturated rings. The van der Waals surface area contributed by atoms with Crippen LogP contribution >= 0.6 is 0 Å². The summed E-state index contributed by atoms with van der Waals surface area (Å²) in [5, 5.41) is 2.98. The fourth-order valence-corrected chi connectivity index (χ4v) is 7.30. The highest BCUT2D eigenvalue weighted by Gasteiger charge is 2.56. The Kier molecular flexibility index (Phi) is 3.92. The number of nitrogens with zero attached hydrogens (tertiary/aromatic N) is 1. The topological polar surface area (TPSA) is 98.1 Å². The lowest BCUT2D eigenvalue weighted by Crippen LogP contribution is -2.56. The molecule has 1 aromatic carbocycles. The van der Waals surface area contributed by atoms with Crippen molar-refractivity contribution in [2.45, 2.75) is 57.4 Å². The van der Waals surface area contributed by atoms with Gasteiger partial charge in [0.05, 0.1) is 16.4 Å². The number of anilines is 1. The molecule has 4 aliphatic carbocycles. The van der Waals surface area contributed by atoms with Gasteiger partial charge in [-0.1, -0.05) is 0 Å². The summed E-state index contributed by atoms with van der Waals surface area (Å²) in [6.45, 7) is 0.683. The number of carbonyl (C=O) groups excluding carboxylic acids is 2. The summed E-state index contributed by atoms with van der Waals surface area (Å²) in [6.07, 6.45) is 8.59. The van der Waals surface area contributed by atoms with Crippen LogP contribution in [-0.2, 0) is 9.59 Å². The molecule has 4 bridgehead atoms. The maximum Gasteiger partial charge on any atom is 0.323 e. The fourth-order valence-electron chi connectivity index (χ4n) is 7.30. The van der Waals surface area contributed by atoms with Crippen LogP contribution in [0.5, 0.6) is 0 Å². The van der Waals surface area contributed by atoms with Crippen LogP contribution in [0.3, 0.4) is 0 Å². The van der Waals surface area contributed by atoms with E-state index in [4.69, 9.17) is 0 Å². The Morgan fingerprint density at radius 3 is 2.37 bits per heavy atom. The molecular weight excluding hydrogens is 380 g/mol. The molecule has 7 rings (SSSR count). The second-order valence-corrected chi connectivity index (χ2v) is 10.2. The summed E-state index contributed by atoms with van der Waals surface area (Å²) in [6, 6.07) is 4.91. The number of amides is 2. The molecule has 0 unspecified atom stereocenters. The van der Waals surface area contributed by atoms with E-state index in [1.165, 1.54) is 19.3 Å². The van der Waals surface area contributed by atoms with Gasteiger partial charge in [0.1, 0.15) is 6.04 Å². The monoisotopic (exact) mass is 408 g/mol. The van der Waals surface area contributed by atoms with Crippen LogP contribution in [0.2, 0.25) is 0 Å². The van der Waals surface area contributed by atoms with Crippen molar-refractivity contribution in [3.05, 3.63) is 28.7 Å². The van der Waals surface area contributed by atoms with Gasteiger partial charge in [-0.15, -0.1) is 0 Å². The predicted octanol–water partition coefficient (Wildman–Crippen LogP) is 3.00. The van der Waals surface area contributed by atoms with Crippen LogP contribution in [0.25, 0.3) is 11.0 Å². The first kappa shape index (κ1) is 18.2. The largest absolute Gasteiger partial charge is 0.330 e. The van der Waals surface area contributed by atoms with E-state index in [9.17, 15) is 14.4 Å². The van der Waals surface area contributed by atoms with Crippen molar-refractivity contribution in [3.8, 4) is 0 Å². The summed E-state index contributed by atoms with van der Waals surface area (Å²) in [5.74, 6) is 2.26. The molecule has 1 aliphatic heterocycles. The molecule has 1 aromatic heterocycles. The standard InChI is InChI=1S/C23H28N4O3/c28-20(24-16-3-4-17-18(9-16)26-22(30)25-17)19-2-1-5-27(19)21(29)23-10-13-6-14(11-23)8-15(7-13)12-23/h3-4,9,13-15,19H,1-2,5-8,10-12H2,(H,24,28)(H2,25,26,30)/t13?,14?,15?,19-,23?/m0/s1. The molecule has 5 aliphatic rings. The molecule has 2 amide bonds. The number of rotatable bonds is 3. The van der Waals surface area contributed by atoms with Crippen molar-refractivity contribution in [2.75, 3.05) is 11.9 Å². The lowest BCUT2D eigenvalue weighted by atomic mass is 9.49. The third-order valence-electron chi connectivity index (χ3n) is 8.09. The molecule has 158 valence electrons. The van der Waals surface area contributed by atoms with Crippen LogP contribution in [0.1, 0.15) is 51.4 Å². The number of aromatic amines is 2. The van der Waals surface area contributed by atoms with Crippen molar-refractivity contribution in [3.63, 3.8) is 0 Å². The first-order chi connectivity index (χ1) is 14.5. The number of imidazole rings is 1. The molecule has 30 heavy (non-hydrogen) atoms. The first-order valence-electron chi connectivity index (χ1n) is 11.3. The zero-order chi connectivity index (χ0) is 20.5. The van der Waals surface area contributed by atoms with Gasteiger partial charge < -0.3 is 20.2 Å². The molecule has 2 aromatic rings. The Morgan fingerprint density at radius 1 is 1.00 bits per heavy atom. The number of fused-ring (bicyclic) bond motifs is 1. The molecule has 1 saturated heterocycles. The van der Waals surface area contributed by atoms with E-state index in [1.54, 1.807) is 18.2 Å². The molecule has 0 spiro atoms. The van der Waals surface area contributed by atoms with Crippen molar-refractivity contribution >= 4 is 28.5 Å². The van der Waals surface area contributed by atoms with Crippen LogP contribution in [0.4, 0.5) is 5.69 Å². The zero-order valence-electron chi connectivity index (χ0n) is 17.1. The van der Waals surface area contributed by atoms with E-state index in [-0.39, 0.29) is 22.9 Å². The van der Waals surface area contributed by atoms with Crippen molar-refractivity contribution in [2.24, 2.45) is 23.2 Å². The summed E-state index contributed by atoms with van der Waals surface area (Å²) in [4.78, 5) is 45.6. The highest BCUT2D eigenvalue weighted by molar-refractivity contribution is 5.99.